The van der Waals surface area contributed by atoms with Crippen LogP contribution in [0.2, 0.25) is 5.02 Å². The Kier molecular flexibility index (Phi) is 7.28. The third-order valence-electron chi connectivity index (χ3n) is 5.20. The van der Waals surface area contributed by atoms with E-state index in [-0.39, 0.29) is 0 Å². The average Bonchev–Trinajstić information content (AvgIpc) is 3.21. The monoisotopic (exact) mass is 509 g/mol. The molecule has 1 saturated heterocycles. The van der Waals surface area contributed by atoms with E-state index >= 15 is 0 Å². The number of nitrogens with one attached hydrogen (secondary N) is 1. The molecule has 0 saturated carbocycles. The topological polar surface area (TPSA) is 78.4 Å². The summed E-state index contributed by atoms with van der Waals surface area (Å²) in [7, 11) is -3.51. The first-order chi connectivity index (χ1) is 15.3. The van der Waals surface area contributed by atoms with Crippen LogP contribution < -0.4 is 5.32 Å². The zero-order valence-electron chi connectivity index (χ0n) is 17.6. The van der Waals surface area contributed by atoms with E-state index in [1.807, 2.05) is 28.6 Å². The third kappa shape index (κ3) is 5.56. The van der Waals surface area contributed by atoms with Crippen LogP contribution in [0.25, 0.3) is 0 Å². The molecule has 1 aromatic heterocycles. The van der Waals surface area contributed by atoms with E-state index in [4.69, 9.17) is 11.6 Å². The zero-order valence-corrected chi connectivity index (χ0v) is 20.8. The van der Waals surface area contributed by atoms with Crippen molar-refractivity contribution < 1.29 is 8.42 Å². The molecular weight excluding hydrogens is 486 g/mol. The normalized spacial score (nSPS) is 18.2. The highest BCUT2D eigenvalue weighted by Crippen LogP contribution is 2.26. The van der Waals surface area contributed by atoms with Crippen LogP contribution in [0.4, 0.5) is 10.8 Å². The summed E-state index contributed by atoms with van der Waals surface area (Å²) in [4.78, 5) is 3.59. The van der Waals surface area contributed by atoms with Gasteiger partial charge in [-0.15, -0.1) is 10.2 Å². The smallest absolute Gasteiger partial charge is 0.210 e. The van der Waals surface area contributed by atoms with Gasteiger partial charge in [-0.3, -0.25) is 9.11 Å². The molecule has 11 heteroatoms. The number of anilines is 2. The van der Waals surface area contributed by atoms with E-state index in [1.54, 1.807) is 30.5 Å². The highest BCUT2D eigenvalue weighted by Gasteiger charge is 2.20. The molecule has 2 atom stereocenters. The van der Waals surface area contributed by atoms with Gasteiger partial charge >= 0.3 is 0 Å². The molecule has 4 rings (SSSR count). The first-order valence-electron chi connectivity index (χ1n) is 9.94. The maximum absolute atomic E-state index is 13.2. The van der Waals surface area contributed by atoms with E-state index in [1.165, 1.54) is 11.3 Å². The number of halogens is 1. The maximum atomic E-state index is 13.2. The lowest BCUT2D eigenvalue weighted by molar-refractivity contribution is 0.185. The molecule has 7 nitrogen and oxygen atoms in total. The summed E-state index contributed by atoms with van der Waals surface area (Å²) in [5.74, 6) is 3.95. The minimum atomic E-state index is -2.61. The van der Waals surface area contributed by atoms with E-state index in [0.717, 1.165) is 43.4 Å². The van der Waals surface area contributed by atoms with Crippen molar-refractivity contribution in [1.29, 1.82) is 0 Å². The molecule has 0 aliphatic carbocycles. The van der Waals surface area contributed by atoms with Crippen molar-refractivity contribution in [3.63, 3.8) is 0 Å². The van der Waals surface area contributed by atoms with Gasteiger partial charge in [0.2, 0.25) is 5.13 Å². The number of hydrogen-bond acceptors (Lipinski definition) is 7. The Morgan fingerprint density at radius 2 is 1.66 bits per heavy atom. The largest absolute Gasteiger partial charge is 0.330 e. The lowest BCUT2D eigenvalue weighted by Crippen LogP contribution is -2.46. The van der Waals surface area contributed by atoms with Crippen LogP contribution in [-0.2, 0) is 27.1 Å². The Bertz CT molecular complexity index is 1190. The first-order valence-corrected chi connectivity index (χ1v) is 14.4. The van der Waals surface area contributed by atoms with Crippen LogP contribution in [0.3, 0.4) is 0 Å². The van der Waals surface area contributed by atoms with Crippen molar-refractivity contribution in [1.82, 2.24) is 19.4 Å². The molecule has 1 aliphatic rings. The van der Waals surface area contributed by atoms with Gasteiger partial charge in [-0.25, -0.2) is 8.51 Å². The summed E-state index contributed by atoms with van der Waals surface area (Å²) in [5.41, 5.74) is 0.835. The fourth-order valence-electron chi connectivity index (χ4n) is 3.38. The molecule has 1 N–H and O–H groups in total. The molecule has 1 aliphatic heterocycles. The van der Waals surface area contributed by atoms with Crippen LogP contribution in [0.5, 0.6) is 0 Å². The summed E-state index contributed by atoms with van der Waals surface area (Å²) in [6.07, 6.45) is 1.72. The van der Waals surface area contributed by atoms with Gasteiger partial charge in [0, 0.05) is 62.5 Å². The Morgan fingerprint density at radius 3 is 2.25 bits per heavy atom. The molecule has 1 fully saturated rings. The fourth-order valence-corrected chi connectivity index (χ4v) is 6.41. The SMILES string of the molecule is C=S(=O)(c1ccc(Cl)cc1)c1ccc(Nc2nnc(CN3CCN(S(C)=O)CC3)s2)cc1. The number of benzene rings is 2. The van der Waals surface area contributed by atoms with Gasteiger partial charge in [0.25, 0.3) is 0 Å². The summed E-state index contributed by atoms with van der Waals surface area (Å²) < 4.78 is 26.7. The van der Waals surface area contributed by atoms with Gasteiger partial charge in [0.1, 0.15) is 5.01 Å². The van der Waals surface area contributed by atoms with E-state index in [0.29, 0.717) is 19.9 Å². The predicted octanol–water partition coefficient (Wildman–Crippen LogP) is 3.48. The highest BCUT2D eigenvalue weighted by atomic mass is 35.5. The molecule has 2 unspecified atom stereocenters. The number of aromatic nitrogens is 2. The predicted molar refractivity (Wildman–Crippen MR) is 134 cm³/mol. The van der Waals surface area contributed by atoms with Gasteiger partial charge in [-0.2, -0.15) is 0 Å². The first kappa shape index (κ1) is 23.3. The zero-order chi connectivity index (χ0) is 22.7. The van der Waals surface area contributed by atoms with Gasteiger partial charge in [0.15, 0.2) is 0 Å². The second-order valence-corrected chi connectivity index (χ2v) is 12.6. The van der Waals surface area contributed by atoms with Gasteiger partial charge in [0.05, 0.1) is 17.5 Å². The van der Waals surface area contributed by atoms with Crippen molar-refractivity contribution >= 4 is 60.1 Å². The number of nitrogens with zero attached hydrogens (tertiary/aromatic N) is 4. The molecule has 0 amide bonds. The molecule has 2 aromatic carbocycles. The molecule has 32 heavy (non-hydrogen) atoms. The van der Waals surface area contributed by atoms with E-state index in [2.05, 4.69) is 26.3 Å². The van der Waals surface area contributed by atoms with Gasteiger partial charge in [-0.05, 0) is 54.4 Å². The van der Waals surface area contributed by atoms with Crippen molar-refractivity contribution in [3.05, 3.63) is 58.6 Å². The van der Waals surface area contributed by atoms with Crippen LogP contribution in [0, 0.1) is 0 Å². The molecule has 3 aromatic rings. The number of piperazine rings is 1. The summed E-state index contributed by atoms with van der Waals surface area (Å²) in [5, 5.41) is 14.0. The number of hydrogen-bond donors (Lipinski definition) is 1. The second-order valence-electron chi connectivity index (χ2n) is 7.41. The Balaban J connectivity index is 1.37. The van der Waals surface area contributed by atoms with Crippen LogP contribution in [-0.4, -0.2) is 66.1 Å². The molecule has 170 valence electrons. The lowest BCUT2D eigenvalue weighted by Gasteiger charge is -2.32. The van der Waals surface area contributed by atoms with Crippen molar-refractivity contribution in [3.8, 4) is 0 Å². The molecular formula is C21H24ClN5O2S3. The standard InChI is InChI=1S/C21H24ClN5O2S3/c1-31(28)27-13-11-26(12-14-27)15-20-24-25-21(30-20)23-17-5-9-19(10-6-17)32(2,29)18-7-3-16(22)4-8-18/h3-10H,2,11-15H2,1H3,(H,23,25). The summed E-state index contributed by atoms with van der Waals surface area (Å²) in [6, 6.07) is 14.3. The molecule has 2 heterocycles. The van der Waals surface area contributed by atoms with Crippen molar-refractivity contribution in [2.75, 3.05) is 37.8 Å². The number of rotatable bonds is 7. The average molecular weight is 510 g/mol. The Labute approximate surface area is 200 Å². The Hall–Kier alpha value is -1.82. The van der Waals surface area contributed by atoms with Crippen LogP contribution in [0.1, 0.15) is 5.01 Å². The Morgan fingerprint density at radius 1 is 1.06 bits per heavy atom. The van der Waals surface area contributed by atoms with Gasteiger partial charge in [-0.1, -0.05) is 22.9 Å². The maximum Gasteiger partial charge on any atom is 0.210 e. The summed E-state index contributed by atoms with van der Waals surface area (Å²) >= 11 is 7.44. The second kappa shape index (κ2) is 9.98. The van der Waals surface area contributed by atoms with Crippen LogP contribution >= 0.6 is 22.9 Å². The van der Waals surface area contributed by atoms with E-state index < -0.39 is 20.5 Å². The van der Waals surface area contributed by atoms with Crippen molar-refractivity contribution in [2.45, 2.75) is 16.3 Å². The fraction of sp³-hybridized carbons (Fsp3) is 0.286. The minimum Gasteiger partial charge on any atom is -0.330 e. The van der Waals surface area contributed by atoms with Crippen LogP contribution in [0.15, 0.2) is 58.3 Å². The lowest BCUT2D eigenvalue weighted by atomic mass is 10.3. The third-order valence-corrected chi connectivity index (χ3v) is 9.44. The quantitative estimate of drug-likeness (QED) is 0.491. The minimum absolute atomic E-state index is 0.597. The van der Waals surface area contributed by atoms with Crippen molar-refractivity contribution in [2.24, 2.45) is 0 Å². The van der Waals surface area contributed by atoms with E-state index in [9.17, 15) is 8.42 Å². The molecule has 0 spiro atoms. The molecule has 0 radical (unpaired) electrons. The summed E-state index contributed by atoms with van der Waals surface area (Å²) in [6.45, 7) is 4.05. The van der Waals surface area contributed by atoms with Gasteiger partial charge < -0.3 is 5.32 Å². The highest BCUT2D eigenvalue weighted by molar-refractivity contribution is 8.00. The molecule has 0 bridgehead atoms.